The molecule has 1 atom stereocenters. The first-order valence-electron chi connectivity index (χ1n) is 16.7. The maximum absolute atomic E-state index is 5.85. The number of unbranched alkanes of at least 4 members (excludes halogenated alkanes) is 1. The number of fused-ring (bicyclic) bond motifs is 3. The second kappa shape index (κ2) is 13.3. The van der Waals surface area contributed by atoms with Crippen molar-refractivity contribution in [2.75, 3.05) is 0 Å². The molecule has 2 aliphatic rings. The molecule has 0 N–H and O–H groups in total. The topological polar surface area (TPSA) is 0 Å². The number of benzene rings is 4. The van der Waals surface area contributed by atoms with Crippen LogP contribution in [0, 0.1) is 39.0 Å². The zero-order chi connectivity index (χ0) is 31.5. The molecule has 0 saturated carbocycles. The Bertz CT molecular complexity index is 1830. The van der Waals surface area contributed by atoms with Gasteiger partial charge in [0.2, 0.25) is 0 Å². The summed E-state index contributed by atoms with van der Waals surface area (Å²) in [5, 5.41) is 0. The number of halogens is 2. The first-order chi connectivity index (χ1) is 20.9. The average Bonchev–Trinajstić information content (AvgIpc) is 3.58. The van der Waals surface area contributed by atoms with Crippen LogP contribution in [0.25, 0.3) is 11.1 Å². The standard InChI is InChI=1S/C15H13.C13H21.2C7H7.CH2.2ClH.Zr/c1-10-3-5-14-12(7-10)9-13-8-11(2)4-6-15(13)14;1-5-6-7-11-8-9-12(10-11)13(2,3)4;2*1-7-5-3-2-4-6-7;;;;/h3-7H,9H2,1-2H3;9-11H,5-7H2,1-4H3;2*3-6H,1H3;1H2;2*1H;. The van der Waals surface area contributed by atoms with Gasteiger partial charge in [0.15, 0.2) is 0 Å². The van der Waals surface area contributed by atoms with Gasteiger partial charge in [0.25, 0.3) is 0 Å². The fourth-order valence-corrected chi connectivity index (χ4v) is 25.7. The molecule has 0 bridgehead atoms. The Hall–Kier alpha value is -2.31. The molecule has 0 radical (unpaired) electrons. The number of rotatable bonds is 7. The van der Waals surface area contributed by atoms with E-state index in [1.165, 1.54) is 75.9 Å². The van der Waals surface area contributed by atoms with Crippen molar-refractivity contribution >= 4 is 38.8 Å². The quantitative estimate of drug-likeness (QED) is 0.156. The first kappa shape index (κ1) is 36.5. The molecular formula is C43H52Cl2Zr. The van der Waals surface area contributed by atoms with Crippen LogP contribution in [0.2, 0.25) is 0 Å². The van der Waals surface area contributed by atoms with E-state index in [-0.39, 0.29) is 30.2 Å². The van der Waals surface area contributed by atoms with Gasteiger partial charge in [-0.1, -0.05) is 0 Å². The summed E-state index contributed by atoms with van der Waals surface area (Å²) in [6, 6.07) is 31.1. The molecule has 2 aliphatic carbocycles. The Balaban J connectivity index is 0.00000240. The third-order valence-electron chi connectivity index (χ3n) is 10.8. The molecule has 0 fully saturated rings. The van der Waals surface area contributed by atoms with Crippen LogP contribution in [-0.4, -0.2) is 4.21 Å². The molecule has 0 amide bonds. The molecular weight excluding hydrogens is 679 g/mol. The SMILES string of the molecule is Cl.Cl.[CH2]=[Zr]([C]1=CC(C(C)(C)C)=CC1CCCC)([c]1ccc(C)cc1)([c]1ccc(C)cc1)[c]1c(C)ccc2c1Cc1cc(C)ccc1-2. The second-order valence-electron chi connectivity index (χ2n) is 15.0. The van der Waals surface area contributed by atoms with Crippen molar-refractivity contribution < 1.29 is 18.3 Å². The summed E-state index contributed by atoms with van der Waals surface area (Å²) < 4.78 is 12.0. The van der Waals surface area contributed by atoms with E-state index in [0.717, 1.165) is 6.42 Å². The molecule has 4 aromatic rings. The van der Waals surface area contributed by atoms with Gasteiger partial charge in [0, 0.05) is 0 Å². The Kier molecular flexibility index (Phi) is 10.6. The summed E-state index contributed by atoms with van der Waals surface area (Å²) in [7, 11) is 0. The van der Waals surface area contributed by atoms with Crippen LogP contribution in [0.5, 0.6) is 0 Å². The summed E-state index contributed by atoms with van der Waals surface area (Å²) in [6.07, 6.45) is 9.87. The fourth-order valence-electron chi connectivity index (χ4n) is 8.39. The van der Waals surface area contributed by atoms with E-state index in [0.29, 0.717) is 5.92 Å². The number of allylic oxidation sites excluding steroid dienone is 4. The van der Waals surface area contributed by atoms with Gasteiger partial charge in [-0.05, 0) is 0 Å². The molecule has 0 saturated heterocycles. The zero-order valence-corrected chi connectivity index (χ0v) is 33.2. The van der Waals surface area contributed by atoms with Gasteiger partial charge in [-0.25, -0.2) is 0 Å². The predicted octanol–water partition coefficient (Wildman–Crippen LogP) is 10.4. The third kappa shape index (κ3) is 5.74. The van der Waals surface area contributed by atoms with Crippen LogP contribution in [0.3, 0.4) is 0 Å². The van der Waals surface area contributed by atoms with Crippen molar-refractivity contribution in [3.8, 4) is 11.1 Å². The summed E-state index contributed by atoms with van der Waals surface area (Å²) in [5.41, 5.74) is 12.7. The molecule has 1 unspecified atom stereocenters. The predicted molar refractivity (Wildman–Crippen MR) is 206 cm³/mol. The maximum atomic E-state index is 5.85. The van der Waals surface area contributed by atoms with E-state index in [1.807, 2.05) is 0 Å². The molecule has 0 spiro atoms. The van der Waals surface area contributed by atoms with E-state index in [9.17, 15) is 0 Å². The van der Waals surface area contributed by atoms with Crippen molar-refractivity contribution in [3.05, 3.63) is 133 Å². The Morgan fingerprint density at radius 1 is 0.739 bits per heavy atom. The molecule has 0 aliphatic heterocycles. The van der Waals surface area contributed by atoms with Crippen molar-refractivity contribution in [2.24, 2.45) is 11.3 Å². The van der Waals surface area contributed by atoms with Crippen molar-refractivity contribution in [3.63, 3.8) is 0 Å². The summed E-state index contributed by atoms with van der Waals surface area (Å²) in [4.78, 5) is 0. The molecule has 46 heavy (non-hydrogen) atoms. The first-order valence-corrected chi connectivity index (χ1v) is 23.4. The van der Waals surface area contributed by atoms with Gasteiger partial charge in [0.05, 0.1) is 0 Å². The van der Waals surface area contributed by atoms with E-state index in [2.05, 4.69) is 146 Å². The molecule has 0 nitrogen and oxygen atoms in total. The number of hydrogen-bond donors (Lipinski definition) is 0. The van der Waals surface area contributed by atoms with Gasteiger partial charge in [-0.15, -0.1) is 24.8 Å². The fraction of sp³-hybridized carbons (Fsp3) is 0.326. The molecule has 6 rings (SSSR count). The summed E-state index contributed by atoms with van der Waals surface area (Å²) in [6.45, 7) is 18.5. The normalized spacial score (nSPS) is 15.7. The Morgan fingerprint density at radius 3 is 1.83 bits per heavy atom. The molecule has 3 heteroatoms. The van der Waals surface area contributed by atoms with Crippen molar-refractivity contribution in [1.29, 1.82) is 0 Å². The second-order valence-corrected chi connectivity index (χ2v) is 27.7. The summed E-state index contributed by atoms with van der Waals surface area (Å²) in [5.74, 6) is 0.385. The molecule has 0 aromatic heterocycles. The van der Waals surface area contributed by atoms with Crippen LogP contribution in [0.4, 0.5) is 0 Å². The number of aryl methyl sites for hydroxylation is 4. The van der Waals surface area contributed by atoms with E-state index >= 15 is 0 Å². The molecule has 242 valence electrons. The summed E-state index contributed by atoms with van der Waals surface area (Å²) >= 11 is -4.91. The minimum absolute atomic E-state index is 0. The van der Waals surface area contributed by atoms with Crippen LogP contribution in [-0.2, 0) is 24.7 Å². The van der Waals surface area contributed by atoms with Gasteiger partial charge < -0.3 is 0 Å². The van der Waals surface area contributed by atoms with E-state index in [4.69, 9.17) is 4.21 Å². The van der Waals surface area contributed by atoms with Crippen LogP contribution < -0.4 is 9.81 Å². The van der Waals surface area contributed by atoms with Crippen molar-refractivity contribution in [1.82, 2.24) is 0 Å². The zero-order valence-electron chi connectivity index (χ0n) is 29.1. The Labute approximate surface area is 291 Å². The number of hydrogen-bond acceptors (Lipinski definition) is 0. The third-order valence-corrected chi connectivity index (χ3v) is 27.6. The van der Waals surface area contributed by atoms with E-state index in [1.54, 1.807) is 6.55 Å². The van der Waals surface area contributed by atoms with Crippen LogP contribution >= 0.6 is 24.8 Å². The Morgan fingerprint density at radius 2 is 1.28 bits per heavy atom. The van der Waals surface area contributed by atoms with Gasteiger partial charge in [-0.2, -0.15) is 0 Å². The van der Waals surface area contributed by atoms with E-state index < -0.39 is 18.3 Å². The van der Waals surface area contributed by atoms with Gasteiger partial charge in [-0.3, -0.25) is 0 Å². The van der Waals surface area contributed by atoms with Crippen LogP contribution in [0.1, 0.15) is 80.3 Å². The molecule has 0 heterocycles. The molecule has 4 aromatic carbocycles. The average molecular weight is 731 g/mol. The van der Waals surface area contributed by atoms with Gasteiger partial charge in [0.1, 0.15) is 0 Å². The van der Waals surface area contributed by atoms with Gasteiger partial charge >= 0.3 is 269 Å². The van der Waals surface area contributed by atoms with Crippen molar-refractivity contribution in [2.45, 2.75) is 81.1 Å². The minimum atomic E-state index is -4.91. The monoisotopic (exact) mass is 728 g/mol. The van der Waals surface area contributed by atoms with Crippen LogP contribution in [0.15, 0.2) is 99.9 Å².